The Morgan fingerprint density at radius 2 is 1.78 bits per heavy atom. The second-order valence-electron chi connectivity index (χ2n) is 7.20. The Hall–Kier alpha value is -2.36. The van der Waals surface area contributed by atoms with Crippen LogP contribution in [0.1, 0.15) is 29.5 Å². The number of hydrogen-bond acceptors (Lipinski definition) is 5. The number of sulfonamides is 1. The number of aryl methyl sites for hydroxylation is 1. The number of esters is 1. The van der Waals surface area contributed by atoms with Gasteiger partial charge in [0.25, 0.3) is 10.0 Å². The molecule has 1 heterocycles. The molecule has 0 saturated carbocycles. The van der Waals surface area contributed by atoms with Crippen LogP contribution in [-0.2, 0) is 14.8 Å². The lowest BCUT2D eigenvalue weighted by Crippen LogP contribution is -2.14. The van der Waals surface area contributed by atoms with Gasteiger partial charge >= 0.3 is 5.97 Å². The van der Waals surface area contributed by atoms with E-state index in [1.807, 2.05) is 25.1 Å². The van der Waals surface area contributed by atoms with Crippen molar-refractivity contribution in [2.24, 2.45) is 0 Å². The van der Waals surface area contributed by atoms with E-state index in [1.165, 1.54) is 6.07 Å². The summed E-state index contributed by atoms with van der Waals surface area (Å²) in [5, 5.41) is 1.83. The molecule has 166 valence electrons. The Kier molecular flexibility index (Phi) is 6.33. The van der Waals surface area contributed by atoms with Gasteiger partial charge in [-0.15, -0.1) is 0 Å². The lowest BCUT2D eigenvalue weighted by Gasteiger charge is -2.13. The van der Waals surface area contributed by atoms with E-state index < -0.39 is 16.0 Å². The maximum Gasteiger partial charge on any atom is 0.342 e. The first-order chi connectivity index (χ1) is 15.2. The number of furan rings is 1. The smallest absolute Gasteiger partial charge is 0.342 e. The van der Waals surface area contributed by atoms with Gasteiger partial charge in [-0.3, -0.25) is 4.72 Å². The van der Waals surface area contributed by atoms with Gasteiger partial charge in [0.05, 0.1) is 12.3 Å². The number of ether oxygens (including phenoxy) is 1. The zero-order valence-electron chi connectivity index (χ0n) is 17.2. The molecule has 0 atom stereocenters. The average molecular weight is 581 g/mol. The Labute approximate surface area is 202 Å². The summed E-state index contributed by atoms with van der Waals surface area (Å²) in [7, 11) is -3.94. The van der Waals surface area contributed by atoms with E-state index in [2.05, 4.69) is 36.6 Å². The van der Waals surface area contributed by atoms with Crippen LogP contribution in [0, 0.1) is 6.92 Å². The monoisotopic (exact) mass is 579 g/mol. The number of anilines is 1. The van der Waals surface area contributed by atoms with E-state index in [4.69, 9.17) is 9.15 Å². The molecule has 0 fully saturated rings. The molecule has 0 radical (unpaired) electrons. The molecule has 3 aromatic carbocycles. The molecule has 4 aromatic rings. The molecule has 6 nitrogen and oxygen atoms in total. The van der Waals surface area contributed by atoms with Crippen LogP contribution >= 0.6 is 31.9 Å². The highest BCUT2D eigenvalue weighted by molar-refractivity contribution is 9.11. The van der Waals surface area contributed by atoms with Gasteiger partial charge < -0.3 is 9.15 Å². The van der Waals surface area contributed by atoms with E-state index in [0.29, 0.717) is 54.1 Å². The third kappa shape index (κ3) is 4.16. The third-order valence-electron chi connectivity index (χ3n) is 4.94. The topological polar surface area (TPSA) is 85.6 Å². The highest BCUT2D eigenvalue weighted by atomic mass is 79.9. The summed E-state index contributed by atoms with van der Waals surface area (Å²) in [6, 6.07) is 13.8. The van der Waals surface area contributed by atoms with E-state index in [0.717, 1.165) is 0 Å². The summed E-state index contributed by atoms with van der Waals surface area (Å²) >= 11 is 6.63. The highest BCUT2D eigenvalue weighted by Crippen LogP contribution is 2.38. The lowest BCUT2D eigenvalue weighted by molar-refractivity contribution is 0.0505. The quantitative estimate of drug-likeness (QED) is 0.254. The number of carbonyl (C=O) groups is 1. The van der Waals surface area contributed by atoms with Crippen LogP contribution in [0.3, 0.4) is 0 Å². The minimum Gasteiger partial charge on any atom is -0.462 e. The van der Waals surface area contributed by atoms with Gasteiger partial charge in [0.1, 0.15) is 21.8 Å². The number of fused-ring (bicyclic) bond motifs is 3. The number of rotatable bonds is 6. The first kappa shape index (κ1) is 22.8. The van der Waals surface area contributed by atoms with Gasteiger partial charge in [0.2, 0.25) is 0 Å². The van der Waals surface area contributed by atoms with Crippen molar-refractivity contribution < 1.29 is 22.4 Å². The molecule has 0 unspecified atom stereocenters. The fourth-order valence-corrected chi connectivity index (χ4v) is 6.10. The normalized spacial score (nSPS) is 11.8. The van der Waals surface area contributed by atoms with E-state index >= 15 is 0 Å². The predicted octanol–water partition coefficient (Wildman–Crippen LogP) is 6.79. The first-order valence-corrected chi connectivity index (χ1v) is 12.9. The standard InChI is InChI=1S/C23H19Br2NO5S/c1-3-10-30-23(27)21-13(2)31-22-16-7-5-4-6-15(16)19(12-17(21)22)26-32(28,29)20-11-14(24)8-9-18(20)25/h4-9,11-12,26H,3,10H2,1-2H3. The number of nitrogens with one attached hydrogen (secondary N) is 1. The predicted molar refractivity (Wildman–Crippen MR) is 132 cm³/mol. The van der Waals surface area contributed by atoms with Crippen molar-refractivity contribution in [1.82, 2.24) is 0 Å². The third-order valence-corrected chi connectivity index (χ3v) is 7.79. The highest BCUT2D eigenvalue weighted by Gasteiger charge is 2.25. The van der Waals surface area contributed by atoms with E-state index in [1.54, 1.807) is 31.2 Å². The van der Waals surface area contributed by atoms with Gasteiger partial charge in [0, 0.05) is 25.1 Å². The summed E-state index contributed by atoms with van der Waals surface area (Å²) in [4.78, 5) is 12.8. The van der Waals surface area contributed by atoms with Crippen LogP contribution < -0.4 is 4.72 Å². The summed E-state index contributed by atoms with van der Waals surface area (Å²) in [6.45, 7) is 3.89. The van der Waals surface area contributed by atoms with Crippen molar-refractivity contribution >= 4 is 75.3 Å². The molecule has 0 aliphatic carbocycles. The van der Waals surface area contributed by atoms with Crippen molar-refractivity contribution in [2.75, 3.05) is 11.3 Å². The Morgan fingerprint density at radius 1 is 1.06 bits per heavy atom. The van der Waals surface area contributed by atoms with E-state index in [9.17, 15) is 13.2 Å². The zero-order chi connectivity index (χ0) is 23.0. The van der Waals surface area contributed by atoms with Crippen molar-refractivity contribution in [1.29, 1.82) is 0 Å². The van der Waals surface area contributed by atoms with Crippen LogP contribution in [0.4, 0.5) is 5.69 Å². The molecule has 1 aromatic heterocycles. The van der Waals surface area contributed by atoms with Crippen LogP contribution in [0.25, 0.3) is 21.7 Å². The summed E-state index contributed by atoms with van der Waals surface area (Å²) in [6.07, 6.45) is 0.691. The molecule has 0 aliphatic rings. The second-order valence-corrected chi connectivity index (χ2v) is 10.6. The fraction of sp³-hybridized carbons (Fsp3) is 0.174. The molecule has 0 amide bonds. The number of hydrogen-bond donors (Lipinski definition) is 1. The SMILES string of the molecule is CCCOC(=O)c1c(C)oc2c1cc(NS(=O)(=O)c1cc(Br)ccc1Br)c1ccccc12. The molecule has 0 saturated heterocycles. The van der Waals surface area contributed by atoms with E-state index in [-0.39, 0.29) is 11.5 Å². The maximum atomic E-state index is 13.2. The summed E-state index contributed by atoms with van der Waals surface area (Å²) in [5.74, 6) is -0.0806. The molecular formula is C23H19Br2NO5S. The minimum atomic E-state index is -3.94. The van der Waals surface area contributed by atoms with Gasteiger partial charge in [0.15, 0.2) is 0 Å². The van der Waals surface area contributed by atoms with Gasteiger partial charge in [-0.05, 0) is 53.5 Å². The van der Waals surface area contributed by atoms with Gasteiger partial charge in [-0.1, -0.05) is 47.1 Å². The zero-order valence-corrected chi connectivity index (χ0v) is 21.2. The molecule has 4 rings (SSSR count). The Morgan fingerprint density at radius 3 is 2.50 bits per heavy atom. The van der Waals surface area contributed by atoms with Crippen molar-refractivity contribution in [3.8, 4) is 0 Å². The van der Waals surface area contributed by atoms with Gasteiger partial charge in [-0.2, -0.15) is 0 Å². The molecule has 0 aliphatic heterocycles. The fourth-order valence-electron chi connectivity index (χ4n) is 3.53. The summed E-state index contributed by atoms with van der Waals surface area (Å²) < 4.78 is 41.5. The van der Waals surface area contributed by atoms with Crippen LogP contribution in [0.15, 0.2) is 66.8 Å². The van der Waals surface area contributed by atoms with Crippen molar-refractivity contribution in [3.63, 3.8) is 0 Å². The molecular weight excluding hydrogens is 562 g/mol. The molecule has 1 N–H and O–H groups in total. The van der Waals surface area contributed by atoms with Gasteiger partial charge in [-0.25, -0.2) is 13.2 Å². The van der Waals surface area contributed by atoms with Crippen LogP contribution in [0.2, 0.25) is 0 Å². The van der Waals surface area contributed by atoms with Crippen molar-refractivity contribution in [3.05, 3.63) is 68.8 Å². The molecule has 0 bridgehead atoms. The minimum absolute atomic E-state index is 0.0852. The number of halogens is 2. The maximum absolute atomic E-state index is 13.2. The number of carbonyl (C=O) groups excluding carboxylic acids is 1. The average Bonchev–Trinajstić information content (AvgIpc) is 3.09. The van der Waals surface area contributed by atoms with Crippen LogP contribution in [-0.4, -0.2) is 21.0 Å². The van der Waals surface area contributed by atoms with Crippen molar-refractivity contribution in [2.45, 2.75) is 25.2 Å². The second kappa shape index (κ2) is 8.88. The lowest BCUT2D eigenvalue weighted by atomic mass is 10.0. The first-order valence-electron chi connectivity index (χ1n) is 9.82. The molecule has 9 heteroatoms. The van der Waals surface area contributed by atoms with Crippen LogP contribution in [0.5, 0.6) is 0 Å². The Balaban J connectivity index is 1.92. The largest absolute Gasteiger partial charge is 0.462 e. The molecule has 32 heavy (non-hydrogen) atoms. The molecule has 0 spiro atoms. The number of benzene rings is 3. The Bertz CT molecular complexity index is 1460. The summed E-state index contributed by atoms with van der Waals surface area (Å²) in [5.41, 5.74) is 1.14.